The number of imidazole rings is 1. The van der Waals surface area contributed by atoms with Gasteiger partial charge in [-0.15, -0.1) is 0 Å². The first kappa shape index (κ1) is 23.3. The molecule has 1 aromatic heterocycles. The number of hydrogen-bond donors (Lipinski definition) is 1. The molecule has 8 nitrogen and oxygen atoms in total. The Morgan fingerprint density at radius 3 is 2.31 bits per heavy atom. The van der Waals surface area contributed by atoms with Gasteiger partial charge in [-0.2, -0.15) is 4.98 Å². The number of nitrogens with one attached hydrogen (secondary N) is 1. The zero-order valence-corrected chi connectivity index (χ0v) is 19.0. The quantitative estimate of drug-likeness (QED) is 0.505. The number of carbonyl (C=O) groups is 2. The number of aromatic nitrogens is 2. The molecule has 0 unspecified atom stereocenters. The van der Waals surface area contributed by atoms with E-state index >= 15 is 0 Å². The lowest BCUT2D eigenvalue weighted by atomic mass is 10.1. The molecule has 0 atom stereocenters. The van der Waals surface area contributed by atoms with Crippen molar-refractivity contribution in [2.24, 2.45) is 0 Å². The van der Waals surface area contributed by atoms with Crippen molar-refractivity contribution in [2.45, 2.75) is 19.4 Å². The van der Waals surface area contributed by atoms with E-state index in [0.717, 1.165) is 0 Å². The van der Waals surface area contributed by atoms with Gasteiger partial charge in [-0.3, -0.25) is 9.36 Å². The smallest absolute Gasteiger partial charge is 0.359 e. The van der Waals surface area contributed by atoms with Crippen LogP contribution in [0.1, 0.15) is 34.7 Å². The first-order chi connectivity index (χ1) is 15.3. The van der Waals surface area contributed by atoms with Crippen LogP contribution in [0.15, 0.2) is 54.6 Å². The first-order valence-corrected chi connectivity index (χ1v) is 10.1. The summed E-state index contributed by atoms with van der Waals surface area (Å²) in [5.74, 6) is -1.16. The van der Waals surface area contributed by atoms with Crippen LogP contribution in [0.3, 0.4) is 0 Å². The number of methoxy groups -OCH3 is 2. The Morgan fingerprint density at radius 2 is 1.72 bits per heavy atom. The van der Waals surface area contributed by atoms with Gasteiger partial charge >= 0.3 is 12.0 Å². The molecule has 0 fully saturated rings. The lowest BCUT2D eigenvalue weighted by Gasteiger charge is -2.24. The van der Waals surface area contributed by atoms with Crippen molar-refractivity contribution in [2.75, 3.05) is 26.1 Å². The molecule has 3 rings (SSSR count). The summed E-state index contributed by atoms with van der Waals surface area (Å²) >= 11 is 5.91. The summed E-state index contributed by atoms with van der Waals surface area (Å²) in [7, 11) is 2.95. The predicted molar refractivity (Wildman–Crippen MR) is 121 cm³/mol. The zero-order chi connectivity index (χ0) is 23.3. The van der Waals surface area contributed by atoms with Gasteiger partial charge < -0.3 is 19.5 Å². The van der Waals surface area contributed by atoms with Crippen molar-refractivity contribution in [3.05, 3.63) is 70.9 Å². The number of ether oxygens (including phenoxy) is 3. The van der Waals surface area contributed by atoms with Gasteiger partial charge in [0.15, 0.2) is 11.5 Å². The van der Waals surface area contributed by atoms with Crippen LogP contribution in [0.5, 0.6) is 6.01 Å². The van der Waals surface area contributed by atoms with Crippen LogP contribution in [0, 0.1) is 0 Å². The number of carbonyl (C=O) groups excluding carboxylic acids is 2. The maximum absolute atomic E-state index is 13.3. The molecule has 1 heterocycles. The molecular formula is C23H24ClN3O5. The van der Waals surface area contributed by atoms with E-state index in [1.54, 1.807) is 50.2 Å². The van der Waals surface area contributed by atoms with E-state index < -0.39 is 17.5 Å². The molecular weight excluding hydrogens is 434 g/mol. The van der Waals surface area contributed by atoms with Crippen molar-refractivity contribution < 1.29 is 23.8 Å². The number of esters is 1. The average Bonchev–Trinajstić information content (AvgIpc) is 3.12. The molecule has 0 aliphatic heterocycles. The fourth-order valence-electron chi connectivity index (χ4n) is 3.09. The number of halogens is 1. The fraction of sp³-hybridized carbons (Fsp3) is 0.261. The molecule has 0 bridgehead atoms. The van der Waals surface area contributed by atoms with Crippen LogP contribution in [0.2, 0.25) is 5.02 Å². The Kier molecular flexibility index (Phi) is 7.17. The Hall–Kier alpha value is -3.36. The highest BCUT2D eigenvalue weighted by Gasteiger charge is 2.32. The standard InChI is InChI=1S/C23H24ClN3O5/c1-23(2,14-30-3)32-21(29)18-19(25-20(28)15-10-12-16(24)13-11-15)26-22(31-4)27(18)17-8-6-5-7-9-17/h5-13H,14H2,1-4H3,(H,25,28). The van der Waals surface area contributed by atoms with Gasteiger partial charge in [0.2, 0.25) is 0 Å². The fourth-order valence-corrected chi connectivity index (χ4v) is 3.21. The van der Waals surface area contributed by atoms with Crippen LogP contribution in [-0.2, 0) is 9.47 Å². The normalized spacial score (nSPS) is 11.2. The van der Waals surface area contributed by atoms with Crippen molar-refractivity contribution in [3.8, 4) is 11.7 Å². The van der Waals surface area contributed by atoms with Crippen molar-refractivity contribution >= 4 is 29.3 Å². The second kappa shape index (κ2) is 9.84. The number of amides is 1. The minimum atomic E-state index is -0.914. The molecule has 32 heavy (non-hydrogen) atoms. The Bertz CT molecular complexity index is 1090. The minimum absolute atomic E-state index is 0.00358. The number of hydrogen-bond acceptors (Lipinski definition) is 6. The van der Waals surface area contributed by atoms with Crippen LogP contribution in [0.25, 0.3) is 5.69 Å². The molecule has 2 aromatic carbocycles. The maximum atomic E-state index is 13.3. The highest BCUT2D eigenvalue weighted by Crippen LogP contribution is 2.29. The molecule has 0 spiro atoms. The van der Waals surface area contributed by atoms with Gasteiger partial charge in [-0.25, -0.2) is 4.79 Å². The third kappa shape index (κ3) is 5.27. The van der Waals surface area contributed by atoms with Crippen molar-refractivity contribution in [1.82, 2.24) is 9.55 Å². The second-order valence-electron chi connectivity index (χ2n) is 7.51. The van der Waals surface area contributed by atoms with Gasteiger partial charge in [-0.05, 0) is 50.2 Å². The van der Waals surface area contributed by atoms with Crippen LogP contribution in [-0.4, -0.2) is 47.9 Å². The summed E-state index contributed by atoms with van der Waals surface area (Å²) in [5, 5.41) is 3.18. The minimum Gasteiger partial charge on any atom is -0.468 e. The number of anilines is 1. The molecule has 9 heteroatoms. The summed E-state index contributed by atoms with van der Waals surface area (Å²) in [4.78, 5) is 30.4. The monoisotopic (exact) mass is 457 g/mol. The van der Waals surface area contributed by atoms with E-state index in [1.165, 1.54) is 18.8 Å². The topological polar surface area (TPSA) is 91.7 Å². The molecule has 0 aliphatic rings. The highest BCUT2D eigenvalue weighted by molar-refractivity contribution is 6.30. The summed E-state index contributed by atoms with van der Waals surface area (Å²) in [6, 6.07) is 15.5. The lowest BCUT2D eigenvalue weighted by molar-refractivity contribution is -0.0370. The molecule has 3 aromatic rings. The molecule has 0 saturated carbocycles. The van der Waals surface area contributed by atoms with Crippen LogP contribution in [0.4, 0.5) is 5.82 Å². The molecule has 0 aliphatic carbocycles. The molecule has 0 saturated heterocycles. The molecule has 1 N–H and O–H groups in total. The Morgan fingerprint density at radius 1 is 1.06 bits per heavy atom. The van der Waals surface area contributed by atoms with Gasteiger partial charge in [0.1, 0.15) is 5.60 Å². The molecule has 168 valence electrons. The van der Waals surface area contributed by atoms with Gasteiger partial charge in [0.25, 0.3) is 5.91 Å². The Balaban J connectivity index is 2.07. The third-order valence-electron chi connectivity index (χ3n) is 4.44. The number of benzene rings is 2. The van der Waals surface area contributed by atoms with E-state index in [2.05, 4.69) is 10.3 Å². The van der Waals surface area contributed by atoms with Crippen LogP contribution < -0.4 is 10.1 Å². The number of nitrogens with zero attached hydrogens (tertiary/aromatic N) is 2. The van der Waals surface area contributed by atoms with Crippen molar-refractivity contribution in [3.63, 3.8) is 0 Å². The van der Waals surface area contributed by atoms with Crippen molar-refractivity contribution in [1.29, 1.82) is 0 Å². The first-order valence-electron chi connectivity index (χ1n) is 9.77. The molecule has 0 radical (unpaired) electrons. The van der Waals surface area contributed by atoms with Gasteiger partial charge in [0, 0.05) is 17.7 Å². The van der Waals surface area contributed by atoms with E-state index in [9.17, 15) is 9.59 Å². The summed E-state index contributed by atoms with van der Waals surface area (Å²) in [6.07, 6.45) is 0. The summed E-state index contributed by atoms with van der Waals surface area (Å²) in [5.41, 5.74) is 0.0593. The summed E-state index contributed by atoms with van der Waals surface area (Å²) in [6.45, 7) is 3.63. The SMILES string of the molecule is COCC(C)(C)OC(=O)c1c(NC(=O)c2ccc(Cl)cc2)nc(OC)n1-c1ccccc1. The Labute approximate surface area is 191 Å². The highest BCUT2D eigenvalue weighted by atomic mass is 35.5. The number of para-hydroxylation sites is 1. The van der Waals surface area contributed by atoms with Gasteiger partial charge in [0.05, 0.1) is 19.4 Å². The molecule has 1 amide bonds. The lowest BCUT2D eigenvalue weighted by Crippen LogP contribution is -2.34. The summed E-state index contributed by atoms with van der Waals surface area (Å²) < 4.78 is 17.7. The second-order valence-corrected chi connectivity index (χ2v) is 7.95. The van der Waals surface area contributed by atoms with Gasteiger partial charge in [-0.1, -0.05) is 29.8 Å². The van der Waals surface area contributed by atoms with E-state index in [0.29, 0.717) is 16.3 Å². The van der Waals surface area contributed by atoms with E-state index in [4.69, 9.17) is 25.8 Å². The number of rotatable bonds is 8. The van der Waals surface area contributed by atoms with E-state index in [-0.39, 0.29) is 24.1 Å². The third-order valence-corrected chi connectivity index (χ3v) is 4.69. The predicted octanol–water partition coefficient (Wildman–Crippen LogP) is 4.37. The average molecular weight is 458 g/mol. The maximum Gasteiger partial charge on any atom is 0.359 e. The zero-order valence-electron chi connectivity index (χ0n) is 18.2. The van der Waals surface area contributed by atoms with E-state index in [1.807, 2.05) is 18.2 Å². The van der Waals surface area contributed by atoms with Crippen LogP contribution >= 0.6 is 11.6 Å². The largest absolute Gasteiger partial charge is 0.468 e.